The SMILES string of the molecule is CC(C)Oc1ccccc1[CH]=[Ru][Cl].[CH2-]C(C)(C)CC(C)(C)Nc1c(C(C)C)cccc1C(C)C. The van der Waals surface area contributed by atoms with E-state index < -0.39 is 0 Å². The van der Waals surface area contributed by atoms with Gasteiger partial charge in [-0.2, -0.15) is 5.41 Å². The topological polar surface area (TPSA) is 21.3 Å². The fraction of sp³-hybridized carbons (Fsp3) is 0.533. The molecule has 0 aliphatic heterocycles. The first-order valence-electron chi connectivity index (χ1n) is 12.2. The third-order valence-corrected chi connectivity index (χ3v) is 6.37. The van der Waals surface area contributed by atoms with E-state index in [-0.39, 0.29) is 32.7 Å². The Morgan fingerprint density at radius 2 is 1.44 bits per heavy atom. The third kappa shape index (κ3) is 11.0. The zero-order valence-electron chi connectivity index (χ0n) is 22.9. The molecule has 0 aliphatic carbocycles. The van der Waals surface area contributed by atoms with Crippen LogP contribution in [-0.4, -0.2) is 16.3 Å². The Morgan fingerprint density at radius 1 is 0.912 bits per heavy atom. The van der Waals surface area contributed by atoms with E-state index >= 15 is 0 Å². The van der Waals surface area contributed by atoms with Gasteiger partial charge in [-0.3, -0.25) is 0 Å². The average Bonchev–Trinajstić information content (AvgIpc) is 2.67. The molecule has 0 fully saturated rings. The summed E-state index contributed by atoms with van der Waals surface area (Å²) in [6.07, 6.45) is 1.24. The van der Waals surface area contributed by atoms with Crippen LogP contribution in [0.15, 0.2) is 42.5 Å². The fourth-order valence-electron chi connectivity index (χ4n) is 4.24. The van der Waals surface area contributed by atoms with E-state index in [9.17, 15) is 0 Å². The van der Waals surface area contributed by atoms with Crippen LogP contribution in [-0.2, 0) is 15.7 Å². The van der Waals surface area contributed by atoms with Gasteiger partial charge >= 0.3 is 90.3 Å². The summed E-state index contributed by atoms with van der Waals surface area (Å²) in [6.45, 7) is 26.3. The number of rotatable bonds is 9. The zero-order chi connectivity index (χ0) is 26.1. The van der Waals surface area contributed by atoms with Crippen LogP contribution in [0.1, 0.15) is 104 Å². The van der Waals surface area contributed by atoms with Crippen molar-refractivity contribution in [3.8, 4) is 5.75 Å². The van der Waals surface area contributed by atoms with Crippen LogP contribution in [0.4, 0.5) is 5.69 Å². The number of nitrogens with one attached hydrogen (secondary N) is 1. The molecule has 2 aromatic carbocycles. The van der Waals surface area contributed by atoms with E-state index in [1.807, 2.05) is 42.7 Å². The molecule has 0 spiro atoms. The summed E-state index contributed by atoms with van der Waals surface area (Å²) in [5, 5.41) is 3.83. The van der Waals surface area contributed by atoms with Gasteiger partial charge in [0, 0.05) is 11.2 Å². The van der Waals surface area contributed by atoms with Crippen molar-refractivity contribution in [3.05, 3.63) is 66.1 Å². The first-order valence-corrected chi connectivity index (χ1v) is 15.5. The van der Waals surface area contributed by atoms with Crippen molar-refractivity contribution < 1.29 is 20.4 Å². The second-order valence-corrected chi connectivity index (χ2v) is 13.1. The van der Waals surface area contributed by atoms with Gasteiger partial charge in [0.25, 0.3) is 0 Å². The van der Waals surface area contributed by atoms with Gasteiger partial charge in [0.2, 0.25) is 0 Å². The predicted molar refractivity (Wildman–Crippen MR) is 149 cm³/mol. The molecule has 0 heterocycles. The van der Waals surface area contributed by atoms with Crippen molar-refractivity contribution in [2.75, 3.05) is 5.32 Å². The van der Waals surface area contributed by atoms with Gasteiger partial charge in [0.15, 0.2) is 0 Å². The molecule has 2 aromatic rings. The minimum absolute atomic E-state index is 0.0277. The van der Waals surface area contributed by atoms with E-state index in [2.05, 4.69) is 85.8 Å². The molecule has 0 aromatic heterocycles. The molecule has 0 saturated heterocycles. The smallest absolute Gasteiger partial charge is 0.0414 e. The monoisotopic (exact) mass is 573 g/mol. The number of para-hydroxylation sites is 2. The van der Waals surface area contributed by atoms with Crippen molar-refractivity contribution in [1.29, 1.82) is 0 Å². The molecule has 4 heteroatoms. The molecule has 0 atom stereocenters. The van der Waals surface area contributed by atoms with Gasteiger partial charge in [-0.05, 0) is 36.8 Å². The van der Waals surface area contributed by atoms with Crippen LogP contribution in [0.2, 0.25) is 0 Å². The number of ether oxygens (including phenoxy) is 1. The molecular formula is C30H46ClNORu-. The Labute approximate surface area is 221 Å². The summed E-state index contributed by atoms with van der Waals surface area (Å²) in [5.74, 6) is 1.97. The van der Waals surface area contributed by atoms with E-state index in [0.717, 1.165) is 17.7 Å². The minimum atomic E-state index is -0.191. The molecule has 0 aliphatic rings. The van der Waals surface area contributed by atoms with E-state index in [1.165, 1.54) is 16.8 Å². The summed E-state index contributed by atoms with van der Waals surface area (Å²) in [7, 11) is 5.72. The van der Waals surface area contributed by atoms with Crippen LogP contribution >= 0.6 is 9.69 Å². The first kappa shape index (κ1) is 30.9. The Bertz CT molecular complexity index is 884. The number of halogens is 1. The molecule has 0 unspecified atom stereocenters. The van der Waals surface area contributed by atoms with Crippen LogP contribution in [0.3, 0.4) is 0 Å². The fourth-order valence-corrected chi connectivity index (χ4v) is 5.35. The standard InChI is InChI=1S/C20H34N.C10H12O.ClH.Ru/c1-14(2)16-11-10-12-17(15(3)4)18(16)21-20(8,9)13-19(5,6)7;1-8(2)11-10-7-5-4-6-9(10)3;;/h10-12,14-15,21H,5,13H2,1-4,6-9H3;3-8H,1-2H3;1H;/q-1;;;+1/p-1. The first-order chi connectivity index (χ1) is 15.7. The Kier molecular flexibility index (Phi) is 12.5. The van der Waals surface area contributed by atoms with Gasteiger partial charge in [0.1, 0.15) is 0 Å². The maximum Gasteiger partial charge on any atom is 0.0414 e. The number of anilines is 1. The molecule has 0 bridgehead atoms. The minimum Gasteiger partial charge on any atom is -0.380 e. The Balaban J connectivity index is 0.000000380. The molecular weight excluding hydrogens is 527 g/mol. The van der Waals surface area contributed by atoms with Gasteiger partial charge in [-0.1, -0.05) is 66.2 Å². The molecule has 2 rings (SSSR count). The van der Waals surface area contributed by atoms with Crippen LogP contribution in [0.5, 0.6) is 5.75 Å². The Morgan fingerprint density at radius 3 is 1.88 bits per heavy atom. The number of benzene rings is 2. The average molecular weight is 573 g/mol. The van der Waals surface area contributed by atoms with Crippen LogP contribution < -0.4 is 10.1 Å². The quantitative estimate of drug-likeness (QED) is 0.239. The second-order valence-electron chi connectivity index (χ2n) is 11.4. The molecule has 34 heavy (non-hydrogen) atoms. The van der Waals surface area contributed by atoms with Crippen molar-refractivity contribution in [2.45, 2.75) is 99.1 Å². The Hall–Kier alpha value is -1.18. The van der Waals surface area contributed by atoms with Gasteiger partial charge in [-0.15, -0.1) is 0 Å². The van der Waals surface area contributed by atoms with E-state index in [0.29, 0.717) is 11.8 Å². The number of hydrogen-bond acceptors (Lipinski definition) is 2. The van der Waals surface area contributed by atoms with Crippen molar-refractivity contribution in [1.82, 2.24) is 0 Å². The summed E-state index contributed by atoms with van der Waals surface area (Å²) in [6, 6.07) is 14.7. The maximum atomic E-state index is 5.72. The van der Waals surface area contributed by atoms with Crippen LogP contribution in [0, 0.1) is 12.3 Å². The number of hydrogen-bond donors (Lipinski definition) is 1. The largest absolute Gasteiger partial charge is 0.380 e. The van der Waals surface area contributed by atoms with Gasteiger partial charge in [-0.25, -0.2) is 0 Å². The maximum absolute atomic E-state index is 5.72. The predicted octanol–water partition coefficient (Wildman–Crippen LogP) is 9.23. The molecule has 0 saturated carbocycles. The summed E-state index contributed by atoms with van der Waals surface area (Å²) < 4.78 is 7.66. The summed E-state index contributed by atoms with van der Waals surface area (Å²) >= 11 is -0.191. The molecule has 193 valence electrons. The zero-order valence-corrected chi connectivity index (χ0v) is 25.4. The van der Waals surface area contributed by atoms with Crippen LogP contribution in [0.25, 0.3) is 0 Å². The van der Waals surface area contributed by atoms with E-state index in [1.54, 1.807) is 0 Å². The van der Waals surface area contributed by atoms with Crippen molar-refractivity contribution in [3.63, 3.8) is 0 Å². The van der Waals surface area contributed by atoms with Crippen molar-refractivity contribution in [2.24, 2.45) is 5.41 Å². The van der Waals surface area contributed by atoms with Crippen molar-refractivity contribution >= 4 is 20.0 Å². The van der Waals surface area contributed by atoms with Gasteiger partial charge < -0.3 is 12.2 Å². The summed E-state index contributed by atoms with van der Waals surface area (Å²) in [4.78, 5) is 0. The van der Waals surface area contributed by atoms with Gasteiger partial charge in [0.05, 0.1) is 0 Å². The molecule has 1 N–H and O–H groups in total. The molecule has 2 nitrogen and oxygen atoms in total. The normalized spacial score (nSPS) is 12.6. The molecule has 0 radical (unpaired) electrons. The third-order valence-electron chi connectivity index (χ3n) is 5.19. The molecule has 0 amide bonds. The summed E-state index contributed by atoms with van der Waals surface area (Å²) in [5.41, 5.74) is 5.36. The second kappa shape index (κ2) is 13.8. The van der Waals surface area contributed by atoms with E-state index in [4.69, 9.17) is 14.4 Å².